The number of imidazole rings is 8. The Morgan fingerprint density at radius 1 is 0.286 bits per heavy atom. The molecular formula is C90H90N22. The first-order valence-corrected chi connectivity index (χ1v) is 37.5. The van der Waals surface area contributed by atoms with E-state index in [1.807, 2.05) is 137 Å². The summed E-state index contributed by atoms with van der Waals surface area (Å²) in [5.41, 5.74) is 26.7. The zero-order chi connectivity index (χ0) is 77.7. The molecule has 22 nitrogen and oxygen atoms in total. The van der Waals surface area contributed by atoms with Crippen molar-refractivity contribution in [3.63, 3.8) is 0 Å². The molecule has 0 N–H and O–H groups in total. The lowest BCUT2D eigenvalue weighted by Crippen LogP contribution is -1.95. The van der Waals surface area contributed by atoms with Crippen molar-refractivity contribution < 1.29 is 0 Å². The van der Waals surface area contributed by atoms with Crippen molar-refractivity contribution in [2.45, 2.75) is 55.4 Å². The van der Waals surface area contributed by atoms with Crippen LogP contribution in [0.25, 0.3) is 133 Å². The van der Waals surface area contributed by atoms with Crippen LogP contribution in [-0.2, 0) is 56.4 Å². The second kappa shape index (κ2) is 28.2. The summed E-state index contributed by atoms with van der Waals surface area (Å²) in [5, 5.41) is 6.59. The highest BCUT2D eigenvalue weighted by molar-refractivity contribution is 5.97. The molecule has 2 aromatic carbocycles. The van der Waals surface area contributed by atoms with Gasteiger partial charge < -0.3 is 62.9 Å². The minimum atomic E-state index is 0.816. The van der Waals surface area contributed by atoms with Crippen LogP contribution in [0.1, 0.15) is 46.1 Å². The van der Waals surface area contributed by atoms with E-state index >= 15 is 0 Å². The molecule has 0 aliphatic carbocycles. The summed E-state index contributed by atoms with van der Waals surface area (Å²) in [4.78, 5) is 26.8. The van der Waals surface area contributed by atoms with Crippen LogP contribution >= 0.6 is 0 Å². The summed E-state index contributed by atoms with van der Waals surface area (Å²) in [6.45, 7) is 16.6. The maximum Gasteiger partial charge on any atom is 0.198 e. The number of para-hydroxylation sites is 1. The molecule has 0 fully saturated rings. The van der Waals surface area contributed by atoms with Crippen molar-refractivity contribution in [1.82, 2.24) is 102 Å². The Balaban J connectivity index is 0.0000000929. The second-order valence-electron chi connectivity index (χ2n) is 29.0. The smallest absolute Gasteiger partial charge is 0.198 e. The molecule has 22 aromatic heterocycles. The standard InChI is InChI=1S/4C12H12N2.2C11H11N3.2C10H10N4/c1-9-12-10(8-13(9)2)7-11-5-3-4-6-14(11)12;1-9-11-7-10-5-3-4-6-14(10)12(11)8-13(9)2;1-9-8-14-11-6-4-3-5-10(11)7-12(14)13(9)2;1-9-7-14-8-10-5-3-4-6-11(10)12(14)13(9)2;1-8-12-9-7-14-6-4-3-5-10(14)11(9)13(8)2;1-8-12-11-9-5-3-4-6-14(9)7-10(11)13(8)2;1-7-11-10-9(13(7)2)12-8-5-3-4-6-14(8)10;1-7-11-9-10(13(7)2)14-6-4-3-5-8(14)12-9/h4*3-8H,1-2H3;2*3-7H,1-2H3;2*3-6H,1-2H3. The molecule has 0 saturated heterocycles. The number of hydrogen-bond donors (Lipinski definition) is 0. The fourth-order valence-corrected chi connectivity index (χ4v) is 15.4. The third-order valence-electron chi connectivity index (χ3n) is 22.3. The number of rotatable bonds is 0. The number of aromatic nitrogens is 22. The van der Waals surface area contributed by atoms with Crippen molar-refractivity contribution in [3.05, 3.63) is 303 Å². The van der Waals surface area contributed by atoms with Gasteiger partial charge in [-0.05, 0) is 152 Å². The van der Waals surface area contributed by atoms with E-state index in [1.54, 1.807) is 0 Å². The van der Waals surface area contributed by atoms with E-state index < -0.39 is 0 Å². The molecule has 24 rings (SSSR count). The van der Waals surface area contributed by atoms with Gasteiger partial charge in [0.1, 0.15) is 56.9 Å². The molecule has 0 aliphatic heterocycles. The molecule has 22 heterocycles. The first kappa shape index (κ1) is 70.9. The van der Waals surface area contributed by atoms with Crippen LogP contribution in [0.4, 0.5) is 0 Å². The number of aryl methyl sites for hydroxylation is 16. The van der Waals surface area contributed by atoms with Crippen LogP contribution in [0.3, 0.4) is 0 Å². The van der Waals surface area contributed by atoms with Gasteiger partial charge in [-0.15, -0.1) is 0 Å². The Labute approximate surface area is 645 Å². The molecule has 112 heavy (non-hydrogen) atoms. The lowest BCUT2D eigenvalue weighted by molar-refractivity contribution is 0.864. The molecule has 560 valence electrons. The Kier molecular flexibility index (Phi) is 17.9. The second-order valence-corrected chi connectivity index (χ2v) is 29.0. The lowest BCUT2D eigenvalue weighted by atomic mass is 10.2. The van der Waals surface area contributed by atoms with Crippen molar-refractivity contribution in [3.8, 4) is 0 Å². The zero-order valence-corrected chi connectivity index (χ0v) is 66.1. The predicted octanol–water partition coefficient (Wildman–Crippen LogP) is 18.3. The van der Waals surface area contributed by atoms with Crippen LogP contribution < -0.4 is 0 Å². The number of fused-ring (bicyclic) bond motifs is 24. The maximum atomic E-state index is 4.54. The summed E-state index contributed by atoms with van der Waals surface area (Å²) >= 11 is 0. The maximum absolute atomic E-state index is 4.54. The van der Waals surface area contributed by atoms with Gasteiger partial charge in [0.05, 0.1) is 38.6 Å². The van der Waals surface area contributed by atoms with Crippen LogP contribution in [0, 0.1) is 55.4 Å². The number of pyridine rings is 6. The number of nitrogens with zero attached hydrogens (tertiary/aromatic N) is 22. The Morgan fingerprint density at radius 3 is 1.62 bits per heavy atom. The average molecular weight is 1480 g/mol. The van der Waals surface area contributed by atoms with E-state index in [0.29, 0.717) is 0 Å². The number of benzene rings is 2. The van der Waals surface area contributed by atoms with Gasteiger partial charge in [0.15, 0.2) is 22.6 Å². The summed E-state index contributed by atoms with van der Waals surface area (Å²) in [7, 11) is 16.5. The van der Waals surface area contributed by atoms with Crippen molar-refractivity contribution in [1.29, 1.82) is 0 Å². The highest BCUT2D eigenvalue weighted by Gasteiger charge is 2.16. The summed E-state index contributed by atoms with van der Waals surface area (Å²) in [6, 6.07) is 60.5. The van der Waals surface area contributed by atoms with E-state index in [0.717, 1.165) is 68.2 Å². The third-order valence-corrected chi connectivity index (χ3v) is 22.3. The van der Waals surface area contributed by atoms with E-state index in [9.17, 15) is 0 Å². The minimum absolute atomic E-state index is 0.816. The van der Waals surface area contributed by atoms with Gasteiger partial charge in [0, 0.05) is 198 Å². The molecular weight excluding hydrogens is 1390 g/mol. The average Bonchev–Trinajstić information content (AvgIpc) is 1.51. The highest BCUT2D eigenvalue weighted by Crippen LogP contribution is 2.30. The van der Waals surface area contributed by atoms with Crippen LogP contribution in [0.15, 0.2) is 256 Å². The van der Waals surface area contributed by atoms with Crippen molar-refractivity contribution in [2.75, 3.05) is 0 Å². The van der Waals surface area contributed by atoms with Gasteiger partial charge in [-0.25, -0.2) is 29.9 Å². The van der Waals surface area contributed by atoms with Gasteiger partial charge in [-0.1, -0.05) is 78.9 Å². The van der Waals surface area contributed by atoms with E-state index in [-0.39, 0.29) is 0 Å². The van der Waals surface area contributed by atoms with Crippen molar-refractivity contribution in [2.24, 2.45) is 56.4 Å². The van der Waals surface area contributed by atoms with Crippen LogP contribution in [0.2, 0.25) is 0 Å². The Hall–Kier alpha value is -14.0. The largest absolute Gasteiger partial charge is 0.352 e. The molecule has 0 aliphatic rings. The quantitative estimate of drug-likeness (QED) is 0.147. The summed E-state index contributed by atoms with van der Waals surface area (Å²) in [6.07, 6.45) is 27.4. The van der Waals surface area contributed by atoms with E-state index in [1.165, 1.54) is 111 Å². The normalized spacial score (nSPS) is 11.6. The zero-order valence-electron chi connectivity index (χ0n) is 66.1. The topological polar surface area (TPSA) is 152 Å². The highest BCUT2D eigenvalue weighted by atomic mass is 15.2. The first-order chi connectivity index (χ1) is 54.2. The number of hydrogen-bond acceptors (Lipinski definition) is 6. The SMILES string of the molecule is Cc1c2c(cc3ccccn32)cn1C.Cc1c2cc3ccccn3c2cn1C.Cc1cn2c3ccccc3cc2n1C.Cc1cn2cc3ccccc3c2n1C.Cc1nc2c(cn3ccccc23)n1C.Cc1nc2c(nc3ccccn32)n1C.Cc1nc2cn3ccccc3c2n1C.Cc1nc2nc3ccccn3c2n1C. The predicted molar refractivity (Wildman–Crippen MR) is 456 cm³/mol. The van der Waals surface area contributed by atoms with Crippen molar-refractivity contribution >= 4 is 133 Å². The lowest BCUT2D eigenvalue weighted by Gasteiger charge is -1.98. The fourth-order valence-electron chi connectivity index (χ4n) is 15.4. The van der Waals surface area contributed by atoms with Gasteiger partial charge in [0.2, 0.25) is 0 Å². The Morgan fingerprint density at radius 2 is 0.866 bits per heavy atom. The van der Waals surface area contributed by atoms with Gasteiger partial charge in [-0.3, -0.25) is 8.80 Å². The third kappa shape index (κ3) is 12.2. The summed E-state index contributed by atoms with van der Waals surface area (Å²) < 4.78 is 34.2. The molecule has 0 unspecified atom stereocenters. The molecule has 0 atom stereocenters. The molecule has 0 saturated carbocycles. The monoisotopic (exact) mass is 1480 g/mol. The molecule has 0 bridgehead atoms. The van der Waals surface area contributed by atoms with Gasteiger partial charge >= 0.3 is 0 Å². The molecule has 22 heteroatoms. The molecule has 0 radical (unpaired) electrons. The first-order valence-electron chi connectivity index (χ1n) is 37.5. The minimum Gasteiger partial charge on any atom is -0.352 e. The van der Waals surface area contributed by atoms with Crippen LogP contribution in [-0.4, -0.2) is 102 Å². The van der Waals surface area contributed by atoms with E-state index in [4.69, 9.17) is 0 Å². The fraction of sp³-hybridized carbons (Fsp3) is 0.178. The summed E-state index contributed by atoms with van der Waals surface area (Å²) in [5.74, 6) is 4.09. The van der Waals surface area contributed by atoms with Gasteiger partial charge in [-0.2, -0.15) is 0 Å². The Bertz CT molecular complexity index is 6700. The molecule has 0 amide bonds. The van der Waals surface area contributed by atoms with Crippen LogP contribution in [0.5, 0.6) is 0 Å². The molecule has 24 aromatic rings. The van der Waals surface area contributed by atoms with Gasteiger partial charge in [0.25, 0.3) is 0 Å². The molecule has 0 spiro atoms. The van der Waals surface area contributed by atoms with E-state index in [2.05, 4.69) is 333 Å².